The van der Waals surface area contributed by atoms with Gasteiger partial charge in [0.05, 0.1) is 12.6 Å². The molecule has 1 aromatic carbocycles. The highest BCUT2D eigenvalue weighted by molar-refractivity contribution is 5.82. The summed E-state index contributed by atoms with van der Waals surface area (Å²) >= 11 is 0. The summed E-state index contributed by atoms with van der Waals surface area (Å²) in [6.45, 7) is 1.06. The maximum atomic E-state index is 12.2. The number of nitrogens with zero attached hydrogens (tertiary/aromatic N) is 1. The van der Waals surface area contributed by atoms with Crippen LogP contribution in [0.3, 0.4) is 0 Å². The summed E-state index contributed by atoms with van der Waals surface area (Å²) in [5.41, 5.74) is 7.02. The summed E-state index contributed by atoms with van der Waals surface area (Å²) in [6, 6.07) is 9.75. The lowest BCUT2D eigenvalue weighted by Gasteiger charge is -2.27. The van der Waals surface area contributed by atoms with E-state index in [0.29, 0.717) is 0 Å². The third kappa shape index (κ3) is 2.71. The summed E-state index contributed by atoms with van der Waals surface area (Å²) in [5.74, 6) is -0.0109. The number of hydrogen-bond donors (Lipinski definition) is 1. The fourth-order valence-electron chi connectivity index (χ4n) is 2.52. The predicted molar refractivity (Wildman–Crippen MR) is 70.0 cm³/mol. The van der Waals surface area contributed by atoms with Gasteiger partial charge < -0.3 is 15.4 Å². The quantitative estimate of drug-likeness (QED) is 0.874. The monoisotopic (exact) mass is 248 g/mol. The average Bonchev–Trinajstić information content (AvgIpc) is 2.88. The minimum absolute atomic E-state index is 0.0109. The molecule has 4 heteroatoms. The topological polar surface area (TPSA) is 55.6 Å². The van der Waals surface area contributed by atoms with Crippen molar-refractivity contribution < 1.29 is 9.53 Å². The van der Waals surface area contributed by atoms with Gasteiger partial charge in [-0.25, -0.2) is 0 Å². The van der Waals surface area contributed by atoms with Crippen LogP contribution in [0, 0.1) is 0 Å². The zero-order valence-electron chi connectivity index (χ0n) is 10.7. The normalized spacial score (nSPS) is 21.0. The Bertz CT molecular complexity index is 394. The molecule has 4 nitrogen and oxygen atoms in total. The van der Waals surface area contributed by atoms with Crippen molar-refractivity contribution in [3.63, 3.8) is 0 Å². The van der Waals surface area contributed by atoms with Crippen LogP contribution in [0.25, 0.3) is 0 Å². The molecule has 0 aromatic heterocycles. The second kappa shape index (κ2) is 5.98. The number of likely N-dealkylation sites (tertiary alicyclic amines) is 1. The highest BCUT2D eigenvalue weighted by Crippen LogP contribution is 2.31. The SMILES string of the molecule is COCC(N)C(=O)N1CCCC1c1ccccc1. The van der Waals surface area contributed by atoms with E-state index < -0.39 is 6.04 Å². The lowest BCUT2D eigenvalue weighted by Crippen LogP contribution is -2.45. The molecular weight excluding hydrogens is 228 g/mol. The molecule has 2 unspecified atom stereocenters. The van der Waals surface area contributed by atoms with Crippen molar-refractivity contribution in [2.24, 2.45) is 5.73 Å². The zero-order chi connectivity index (χ0) is 13.0. The molecule has 0 bridgehead atoms. The van der Waals surface area contributed by atoms with Crippen molar-refractivity contribution in [3.8, 4) is 0 Å². The van der Waals surface area contributed by atoms with Crippen molar-refractivity contribution in [3.05, 3.63) is 35.9 Å². The van der Waals surface area contributed by atoms with Crippen LogP contribution in [0.5, 0.6) is 0 Å². The van der Waals surface area contributed by atoms with Gasteiger partial charge in [-0.3, -0.25) is 4.79 Å². The molecule has 0 aliphatic carbocycles. The maximum Gasteiger partial charge on any atom is 0.242 e. The Labute approximate surface area is 108 Å². The summed E-state index contributed by atoms with van der Waals surface area (Å²) < 4.78 is 4.95. The molecule has 1 aliphatic rings. The molecule has 1 heterocycles. The number of methoxy groups -OCH3 is 1. The highest BCUT2D eigenvalue weighted by atomic mass is 16.5. The smallest absolute Gasteiger partial charge is 0.242 e. The first-order valence-electron chi connectivity index (χ1n) is 6.34. The first-order valence-corrected chi connectivity index (χ1v) is 6.34. The van der Waals surface area contributed by atoms with Gasteiger partial charge in [-0.1, -0.05) is 30.3 Å². The minimum Gasteiger partial charge on any atom is -0.383 e. The molecule has 1 fully saturated rings. The van der Waals surface area contributed by atoms with E-state index in [4.69, 9.17) is 10.5 Å². The van der Waals surface area contributed by atoms with Crippen LogP contribution in [-0.4, -0.2) is 37.1 Å². The number of rotatable bonds is 4. The maximum absolute atomic E-state index is 12.2. The Balaban J connectivity index is 2.10. The number of benzene rings is 1. The average molecular weight is 248 g/mol. The molecule has 18 heavy (non-hydrogen) atoms. The Morgan fingerprint density at radius 1 is 1.50 bits per heavy atom. The lowest BCUT2D eigenvalue weighted by molar-refractivity contribution is -0.134. The number of ether oxygens (including phenoxy) is 1. The summed E-state index contributed by atoms with van der Waals surface area (Å²) in [6.07, 6.45) is 2.04. The molecular formula is C14H20N2O2. The fourth-order valence-corrected chi connectivity index (χ4v) is 2.52. The Hall–Kier alpha value is -1.39. The molecule has 1 saturated heterocycles. The second-order valence-electron chi connectivity index (χ2n) is 4.66. The number of carbonyl (C=O) groups excluding carboxylic acids is 1. The Morgan fingerprint density at radius 2 is 2.22 bits per heavy atom. The molecule has 0 radical (unpaired) electrons. The summed E-state index contributed by atoms with van der Waals surface area (Å²) in [7, 11) is 1.56. The standard InChI is InChI=1S/C14H20N2O2/c1-18-10-12(15)14(17)16-9-5-8-13(16)11-6-3-2-4-7-11/h2-4,6-7,12-13H,5,8-10,15H2,1H3. The van der Waals surface area contributed by atoms with Gasteiger partial charge in [0.25, 0.3) is 0 Å². The van der Waals surface area contributed by atoms with Gasteiger partial charge in [-0.15, -0.1) is 0 Å². The number of amides is 1. The first-order chi connectivity index (χ1) is 8.74. The van der Waals surface area contributed by atoms with E-state index in [2.05, 4.69) is 12.1 Å². The van der Waals surface area contributed by atoms with E-state index in [-0.39, 0.29) is 18.6 Å². The highest BCUT2D eigenvalue weighted by Gasteiger charge is 2.32. The van der Waals surface area contributed by atoms with Gasteiger partial charge in [-0.05, 0) is 18.4 Å². The molecule has 1 aromatic rings. The van der Waals surface area contributed by atoms with Crippen LogP contribution < -0.4 is 5.73 Å². The third-order valence-corrected chi connectivity index (χ3v) is 3.38. The molecule has 0 saturated carbocycles. The minimum atomic E-state index is -0.556. The molecule has 98 valence electrons. The van der Waals surface area contributed by atoms with Gasteiger partial charge in [0, 0.05) is 13.7 Å². The lowest BCUT2D eigenvalue weighted by atomic mass is 10.0. The van der Waals surface area contributed by atoms with Crippen LogP contribution in [0.2, 0.25) is 0 Å². The molecule has 1 aliphatic heterocycles. The van der Waals surface area contributed by atoms with Gasteiger partial charge in [0.2, 0.25) is 5.91 Å². The largest absolute Gasteiger partial charge is 0.383 e. The van der Waals surface area contributed by atoms with Gasteiger partial charge in [0.1, 0.15) is 6.04 Å². The van der Waals surface area contributed by atoms with Crippen LogP contribution in [0.1, 0.15) is 24.4 Å². The van der Waals surface area contributed by atoms with Crippen LogP contribution in [-0.2, 0) is 9.53 Å². The number of hydrogen-bond acceptors (Lipinski definition) is 3. The summed E-state index contributed by atoms with van der Waals surface area (Å²) in [5, 5.41) is 0. The molecule has 2 rings (SSSR count). The summed E-state index contributed by atoms with van der Waals surface area (Å²) in [4.78, 5) is 14.1. The van der Waals surface area contributed by atoms with Crippen molar-refractivity contribution in [2.75, 3.05) is 20.3 Å². The molecule has 2 atom stereocenters. The van der Waals surface area contributed by atoms with Crippen molar-refractivity contribution >= 4 is 5.91 Å². The van der Waals surface area contributed by atoms with E-state index in [1.54, 1.807) is 7.11 Å². The molecule has 1 amide bonds. The first kappa shape index (κ1) is 13.1. The Kier molecular flexibility index (Phi) is 4.33. The van der Waals surface area contributed by atoms with E-state index >= 15 is 0 Å². The van der Waals surface area contributed by atoms with Crippen LogP contribution in [0.15, 0.2) is 30.3 Å². The molecule has 2 N–H and O–H groups in total. The van der Waals surface area contributed by atoms with Gasteiger partial charge in [-0.2, -0.15) is 0 Å². The molecule has 0 spiro atoms. The van der Waals surface area contributed by atoms with E-state index in [0.717, 1.165) is 19.4 Å². The van der Waals surface area contributed by atoms with E-state index in [9.17, 15) is 4.79 Å². The van der Waals surface area contributed by atoms with Crippen molar-refractivity contribution in [1.29, 1.82) is 0 Å². The van der Waals surface area contributed by atoms with Crippen LogP contribution in [0.4, 0.5) is 0 Å². The van der Waals surface area contributed by atoms with E-state index in [1.165, 1.54) is 5.56 Å². The predicted octanol–water partition coefficient (Wildman–Crippen LogP) is 1.32. The second-order valence-corrected chi connectivity index (χ2v) is 4.66. The fraction of sp³-hybridized carbons (Fsp3) is 0.500. The van der Waals surface area contributed by atoms with Gasteiger partial charge in [0.15, 0.2) is 0 Å². The zero-order valence-corrected chi connectivity index (χ0v) is 10.7. The van der Waals surface area contributed by atoms with E-state index in [1.807, 2.05) is 23.1 Å². The van der Waals surface area contributed by atoms with Gasteiger partial charge >= 0.3 is 0 Å². The van der Waals surface area contributed by atoms with Crippen LogP contribution >= 0.6 is 0 Å². The Morgan fingerprint density at radius 3 is 2.89 bits per heavy atom. The van der Waals surface area contributed by atoms with Crippen molar-refractivity contribution in [1.82, 2.24) is 4.90 Å². The number of nitrogens with two attached hydrogens (primary N) is 1. The van der Waals surface area contributed by atoms with Crippen molar-refractivity contribution in [2.45, 2.75) is 24.9 Å². The number of carbonyl (C=O) groups is 1. The third-order valence-electron chi connectivity index (χ3n) is 3.38.